The van der Waals surface area contributed by atoms with Crippen molar-refractivity contribution in [3.05, 3.63) is 35.3 Å². The highest BCUT2D eigenvalue weighted by Gasteiger charge is 2.26. The molecule has 0 spiro atoms. The summed E-state index contributed by atoms with van der Waals surface area (Å²) in [6.07, 6.45) is 4.26. The van der Waals surface area contributed by atoms with Gasteiger partial charge < -0.3 is 9.73 Å². The van der Waals surface area contributed by atoms with Gasteiger partial charge >= 0.3 is 0 Å². The van der Waals surface area contributed by atoms with Crippen molar-refractivity contribution in [3.63, 3.8) is 0 Å². The molecule has 0 saturated carbocycles. The molecule has 0 aromatic carbocycles. The highest BCUT2D eigenvalue weighted by Crippen LogP contribution is 2.27. The van der Waals surface area contributed by atoms with E-state index in [1.165, 1.54) is 6.20 Å². The second kappa shape index (κ2) is 6.53. The average molecular weight is 346 g/mol. The Morgan fingerprint density at radius 1 is 1.50 bits per heavy atom. The minimum absolute atomic E-state index is 0.142. The maximum absolute atomic E-state index is 12.4. The predicted octanol–water partition coefficient (Wildman–Crippen LogP) is 2.20. The number of imidazole rings is 1. The van der Waals surface area contributed by atoms with Crippen LogP contribution in [-0.2, 0) is 10.0 Å². The van der Waals surface area contributed by atoms with Gasteiger partial charge in [0.05, 0.1) is 5.69 Å². The SMILES string of the molecule is CCCCNC(=O)c1cc(S(=O)(=O)n2cnc(C)c2)c(Cl)o1. The lowest BCUT2D eigenvalue weighted by molar-refractivity contribution is 0.0925. The molecule has 0 aliphatic heterocycles. The van der Waals surface area contributed by atoms with Crippen molar-refractivity contribution in [1.82, 2.24) is 14.3 Å². The van der Waals surface area contributed by atoms with E-state index >= 15 is 0 Å². The van der Waals surface area contributed by atoms with Gasteiger partial charge in [0.25, 0.3) is 15.9 Å². The van der Waals surface area contributed by atoms with Gasteiger partial charge in [0, 0.05) is 18.8 Å². The summed E-state index contributed by atoms with van der Waals surface area (Å²) in [6.45, 7) is 4.14. The van der Waals surface area contributed by atoms with Gasteiger partial charge in [-0.3, -0.25) is 4.79 Å². The maximum atomic E-state index is 12.4. The smallest absolute Gasteiger partial charge is 0.287 e. The highest BCUT2D eigenvalue weighted by atomic mass is 35.5. The Morgan fingerprint density at radius 3 is 2.82 bits per heavy atom. The summed E-state index contributed by atoms with van der Waals surface area (Å²) in [5.74, 6) is -0.643. The highest BCUT2D eigenvalue weighted by molar-refractivity contribution is 7.90. The van der Waals surface area contributed by atoms with E-state index < -0.39 is 15.9 Å². The first-order valence-corrected chi connectivity index (χ1v) is 8.51. The Hall–Kier alpha value is -1.80. The van der Waals surface area contributed by atoms with Gasteiger partial charge in [-0.05, 0) is 24.9 Å². The van der Waals surface area contributed by atoms with Crippen LogP contribution in [-0.4, -0.2) is 29.8 Å². The third kappa shape index (κ3) is 3.33. The fourth-order valence-corrected chi connectivity index (χ4v) is 3.37. The van der Waals surface area contributed by atoms with Crippen LogP contribution in [0.15, 0.2) is 27.9 Å². The van der Waals surface area contributed by atoms with Crippen molar-refractivity contribution in [1.29, 1.82) is 0 Å². The lowest BCUT2D eigenvalue weighted by atomic mass is 10.3. The minimum atomic E-state index is -3.94. The Labute approximate surface area is 133 Å². The Bertz CT molecular complexity index is 779. The average Bonchev–Trinajstić information content (AvgIpc) is 3.06. The number of unbranched alkanes of at least 4 members (excludes halogenated alkanes) is 1. The standard InChI is InChI=1S/C13H16ClN3O4S/c1-3-4-5-15-13(18)10-6-11(12(14)21-10)22(19,20)17-7-9(2)16-8-17/h6-8H,3-5H2,1-2H3,(H,15,18). The van der Waals surface area contributed by atoms with Gasteiger partial charge in [-0.25, -0.2) is 17.4 Å². The molecule has 0 aliphatic rings. The summed E-state index contributed by atoms with van der Waals surface area (Å²) in [7, 11) is -3.94. The number of hydrogen-bond acceptors (Lipinski definition) is 5. The van der Waals surface area contributed by atoms with E-state index in [2.05, 4.69) is 10.3 Å². The second-order valence-corrected chi connectivity index (χ2v) is 6.86. The van der Waals surface area contributed by atoms with Gasteiger partial charge in [-0.15, -0.1) is 0 Å². The fraction of sp³-hybridized carbons (Fsp3) is 0.385. The number of rotatable bonds is 6. The molecule has 1 N–H and O–H groups in total. The first-order chi connectivity index (χ1) is 10.4. The quantitative estimate of drug-likeness (QED) is 0.810. The van der Waals surface area contributed by atoms with Crippen molar-refractivity contribution in [3.8, 4) is 0 Å². The van der Waals surface area contributed by atoms with Crippen molar-refractivity contribution in [2.24, 2.45) is 0 Å². The molecule has 22 heavy (non-hydrogen) atoms. The zero-order chi connectivity index (χ0) is 16.3. The first-order valence-electron chi connectivity index (χ1n) is 6.70. The molecule has 7 nitrogen and oxygen atoms in total. The zero-order valence-electron chi connectivity index (χ0n) is 12.2. The largest absolute Gasteiger partial charge is 0.438 e. The fourth-order valence-electron chi connectivity index (χ4n) is 1.75. The molecule has 0 atom stereocenters. The topological polar surface area (TPSA) is 94.2 Å². The summed E-state index contributed by atoms with van der Waals surface area (Å²) < 4.78 is 30.8. The number of amides is 1. The minimum Gasteiger partial charge on any atom is -0.438 e. The van der Waals surface area contributed by atoms with Crippen LogP contribution in [0, 0.1) is 6.92 Å². The maximum Gasteiger partial charge on any atom is 0.287 e. The van der Waals surface area contributed by atoms with E-state index in [4.69, 9.17) is 16.0 Å². The van der Waals surface area contributed by atoms with E-state index in [1.54, 1.807) is 6.92 Å². The van der Waals surface area contributed by atoms with Gasteiger partial charge in [-0.2, -0.15) is 0 Å². The third-order valence-corrected chi connectivity index (χ3v) is 4.95. The number of carbonyl (C=O) groups excluding carboxylic acids is 1. The molecule has 0 aliphatic carbocycles. The Kier molecular flexibility index (Phi) is 4.92. The molecule has 0 saturated heterocycles. The lowest BCUT2D eigenvalue weighted by Crippen LogP contribution is -2.23. The van der Waals surface area contributed by atoms with Gasteiger partial charge in [0.2, 0.25) is 5.22 Å². The molecule has 2 rings (SSSR count). The van der Waals surface area contributed by atoms with Crippen LogP contribution in [0.2, 0.25) is 5.22 Å². The Morgan fingerprint density at radius 2 is 2.23 bits per heavy atom. The predicted molar refractivity (Wildman–Crippen MR) is 80.5 cm³/mol. The van der Waals surface area contributed by atoms with Gasteiger partial charge in [0.15, 0.2) is 5.76 Å². The van der Waals surface area contributed by atoms with Crippen LogP contribution in [0.5, 0.6) is 0 Å². The van der Waals surface area contributed by atoms with Crippen LogP contribution >= 0.6 is 11.6 Å². The zero-order valence-corrected chi connectivity index (χ0v) is 13.7. The number of nitrogens with one attached hydrogen (secondary N) is 1. The van der Waals surface area contributed by atoms with Crippen molar-refractivity contribution < 1.29 is 17.6 Å². The summed E-state index contributed by atoms with van der Waals surface area (Å²) in [4.78, 5) is 15.5. The third-order valence-electron chi connectivity index (χ3n) is 2.94. The molecule has 120 valence electrons. The number of hydrogen-bond donors (Lipinski definition) is 1. The first kappa shape index (κ1) is 16.6. The summed E-state index contributed by atoms with van der Waals surface area (Å²) in [5, 5.41) is 2.28. The molecule has 2 heterocycles. The van der Waals surface area contributed by atoms with Crippen LogP contribution in [0.3, 0.4) is 0 Å². The summed E-state index contributed by atoms with van der Waals surface area (Å²) >= 11 is 5.83. The molecule has 0 radical (unpaired) electrons. The van der Waals surface area contributed by atoms with Crippen LogP contribution in [0.4, 0.5) is 0 Å². The van der Waals surface area contributed by atoms with Crippen molar-refractivity contribution in [2.75, 3.05) is 6.54 Å². The normalized spacial score (nSPS) is 11.6. The summed E-state index contributed by atoms with van der Waals surface area (Å²) in [5.41, 5.74) is 0.542. The monoisotopic (exact) mass is 345 g/mol. The molecule has 2 aromatic rings. The molecule has 0 bridgehead atoms. The lowest BCUT2D eigenvalue weighted by Gasteiger charge is -2.01. The Balaban J connectivity index is 2.28. The number of aromatic nitrogens is 2. The molecular formula is C13H16ClN3O4S. The number of nitrogens with zero attached hydrogens (tertiary/aromatic N) is 2. The van der Waals surface area contributed by atoms with Crippen LogP contribution < -0.4 is 5.32 Å². The van der Waals surface area contributed by atoms with Gasteiger partial charge in [-0.1, -0.05) is 13.3 Å². The van der Waals surface area contributed by atoms with Crippen molar-refractivity contribution in [2.45, 2.75) is 31.6 Å². The van der Waals surface area contributed by atoms with Gasteiger partial charge in [0.1, 0.15) is 11.2 Å². The molecule has 0 unspecified atom stereocenters. The van der Waals surface area contributed by atoms with Crippen LogP contribution in [0.25, 0.3) is 0 Å². The molecule has 1 amide bonds. The number of aryl methyl sites for hydroxylation is 1. The molecule has 9 heteroatoms. The van der Waals surface area contributed by atoms with E-state index in [0.29, 0.717) is 12.2 Å². The number of halogens is 1. The van der Waals surface area contributed by atoms with Crippen molar-refractivity contribution >= 4 is 27.5 Å². The van der Waals surface area contributed by atoms with E-state index in [1.807, 2.05) is 6.92 Å². The molecule has 0 fully saturated rings. The molecular weight excluding hydrogens is 330 g/mol. The second-order valence-electron chi connectivity index (χ2n) is 4.71. The van der Waals surface area contributed by atoms with E-state index in [-0.39, 0.29) is 15.9 Å². The summed E-state index contributed by atoms with van der Waals surface area (Å²) in [6, 6.07) is 1.12. The number of furan rings is 1. The van der Waals surface area contributed by atoms with E-state index in [9.17, 15) is 13.2 Å². The molecule has 2 aromatic heterocycles. The number of carbonyl (C=O) groups is 1. The van der Waals surface area contributed by atoms with E-state index in [0.717, 1.165) is 29.2 Å². The van der Waals surface area contributed by atoms with Crippen LogP contribution in [0.1, 0.15) is 36.0 Å².